The zero-order valence-corrected chi connectivity index (χ0v) is 17.5. The average molecular weight is 442 g/mol. The maximum Gasteiger partial charge on any atom is 0.290 e. The lowest BCUT2D eigenvalue weighted by molar-refractivity contribution is -0.167. The number of aliphatic hydroxyl groups is 1. The van der Waals surface area contributed by atoms with Gasteiger partial charge in [0.05, 0.1) is 23.3 Å². The zero-order chi connectivity index (χ0) is 20.9. The van der Waals surface area contributed by atoms with Crippen LogP contribution in [0.15, 0.2) is 16.4 Å². The lowest BCUT2D eigenvalue weighted by Gasteiger charge is -2.51. The van der Waals surface area contributed by atoms with Crippen LogP contribution in [0.4, 0.5) is 5.13 Å². The molecule has 4 heterocycles. The third kappa shape index (κ3) is 4.89. The maximum atomic E-state index is 12.5. The van der Waals surface area contributed by atoms with E-state index in [0.29, 0.717) is 12.1 Å². The van der Waals surface area contributed by atoms with Crippen LogP contribution in [0, 0.1) is 0 Å². The largest absolute Gasteiger partial charge is 0.483 e. The molecular formula is C17H23N5O5S2. The number of amides is 1. The molecule has 2 saturated heterocycles. The molecule has 0 radical (unpaired) electrons. The number of thiazole rings is 1. The highest BCUT2D eigenvalue weighted by Gasteiger charge is 2.50. The summed E-state index contributed by atoms with van der Waals surface area (Å²) in [5, 5.41) is 31.1. The van der Waals surface area contributed by atoms with E-state index in [2.05, 4.69) is 25.4 Å². The molecule has 1 amide bonds. The Hall–Kier alpha value is -2.15. The minimum absolute atomic E-state index is 0.215. The van der Waals surface area contributed by atoms with E-state index in [1.54, 1.807) is 16.4 Å². The van der Waals surface area contributed by atoms with Gasteiger partial charge in [0.1, 0.15) is 17.3 Å². The van der Waals surface area contributed by atoms with Crippen LogP contribution in [-0.4, -0.2) is 74.7 Å². The highest BCUT2D eigenvalue weighted by Crippen LogP contribution is 2.40. The number of aliphatic hydroxyl groups excluding tert-OH is 1. The first-order valence-corrected chi connectivity index (χ1v) is 10.9. The number of aromatic nitrogens is 3. The molecular weight excluding hydrogens is 418 g/mol. The SMILES string of the molecule is C[C@@]1(NC(=O)c2cscn2)CC2(CCN(c3nncs3)CC2)OC[C@H]1O.O=CO. The van der Waals surface area contributed by atoms with Crippen LogP contribution < -0.4 is 10.2 Å². The Kier molecular flexibility index (Phi) is 6.77. The van der Waals surface area contributed by atoms with E-state index in [1.165, 1.54) is 22.7 Å². The topological polar surface area (TPSA) is 138 Å². The predicted molar refractivity (Wildman–Crippen MR) is 107 cm³/mol. The molecule has 2 aromatic rings. The van der Waals surface area contributed by atoms with Crippen LogP contribution in [0.1, 0.15) is 36.7 Å². The summed E-state index contributed by atoms with van der Waals surface area (Å²) in [6, 6.07) is 0. The van der Waals surface area contributed by atoms with E-state index >= 15 is 0 Å². The molecule has 12 heteroatoms. The van der Waals surface area contributed by atoms with Gasteiger partial charge in [-0.1, -0.05) is 11.3 Å². The van der Waals surface area contributed by atoms with Crippen molar-refractivity contribution in [2.24, 2.45) is 0 Å². The van der Waals surface area contributed by atoms with Crippen LogP contribution in [-0.2, 0) is 9.53 Å². The monoisotopic (exact) mass is 441 g/mol. The van der Waals surface area contributed by atoms with Crippen molar-refractivity contribution < 1.29 is 24.5 Å². The Morgan fingerprint density at radius 3 is 2.72 bits per heavy atom. The molecule has 10 nitrogen and oxygen atoms in total. The van der Waals surface area contributed by atoms with Gasteiger partial charge in [0, 0.05) is 24.9 Å². The summed E-state index contributed by atoms with van der Waals surface area (Å²) in [6.45, 7) is 3.50. The van der Waals surface area contributed by atoms with Gasteiger partial charge in [0.25, 0.3) is 12.4 Å². The number of ether oxygens (including phenoxy) is 1. The van der Waals surface area contributed by atoms with Crippen LogP contribution in [0.3, 0.4) is 0 Å². The smallest absolute Gasteiger partial charge is 0.290 e. The van der Waals surface area contributed by atoms with E-state index in [1.807, 2.05) is 6.92 Å². The molecule has 0 bridgehead atoms. The summed E-state index contributed by atoms with van der Waals surface area (Å²) in [4.78, 5) is 27.1. The standard InChI is InChI=1S/C16H21N5O3S2.CH2O2/c1-15(19-13(23)11-7-25-9-17-11)8-16(24-6-12(15)22)2-4-21(5-3-16)14-20-18-10-26-14;2-1-3/h7,9-10,12,22H,2-6,8H2,1H3,(H,19,23);1H,(H,2,3)/t12-,15-;/m1./s1. The van der Waals surface area contributed by atoms with Gasteiger partial charge in [0.2, 0.25) is 5.13 Å². The number of nitrogens with zero attached hydrogens (tertiary/aromatic N) is 4. The van der Waals surface area contributed by atoms with Gasteiger partial charge in [-0.05, 0) is 19.8 Å². The van der Waals surface area contributed by atoms with E-state index in [9.17, 15) is 9.90 Å². The molecule has 29 heavy (non-hydrogen) atoms. The summed E-state index contributed by atoms with van der Waals surface area (Å²) < 4.78 is 6.08. The molecule has 3 N–H and O–H groups in total. The molecule has 2 aromatic heterocycles. The normalized spacial score (nSPS) is 25.7. The molecule has 0 aromatic carbocycles. The van der Waals surface area contributed by atoms with Gasteiger partial charge in [-0.3, -0.25) is 9.59 Å². The van der Waals surface area contributed by atoms with Gasteiger partial charge in [-0.25, -0.2) is 4.98 Å². The first-order valence-electron chi connectivity index (χ1n) is 9.03. The third-order valence-electron chi connectivity index (χ3n) is 5.33. The van der Waals surface area contributed by atoms with Crippen molar-refractivity contribution in [1.82, 2.24) is 20.5 Å². The first-order chi connectivity index (χ1) is 13.9. The van der Waals surface area contributed by atoms with Gasteiger partial charge in [-0.15, -0.1) is 21.5 Å². The minimum Gasteiger partial charge on any atom is -0.483 e. The predicted octanol–water partition coefficient (Wildman–Crippen LogP) is 1.00. The Labute approximate surface area is 175 Å². The lowest BCUT2D eigenvalue weighted by Crippen LogP contribution is -2.65. The fraction of sp³-hybridized carbons (Fsp3) is 0.588. The molecule has 0 saturated carbocycles. The van der Waals surface area contributed by atoms with Crippen LogP contribution in [0.25, 0.3) is 0 Å². The van der Waals surface area contributed by atoms with E-state index in [4.69, 9.17) is 14.6 Å². The van der Waals surface area contributed by atoms with Crippen molar-refractivity contribution in [1.29, 1.82) is 0 Å². The van der Waals surface area contributed by atoms with Gasteiger partial charge in [-0.2, -0.15) is 0 Å². The van der Waals surface area contributed by atoms with E-state index in [0.717, 1.165) is 31.1 Å². The molecule has 1 spiro atoms. The molecule has 2 fully saturated rings. The summed E-state index contributed by atoms with van der Waals surface area (Å²) in [7, 11) is 0. The molecule has 4 rings (SSSR count). The number of hydrogen-bond acceptors (Lipinski definition) is 10. The van der Waals surface area contributed by atoms with Crippen LogP contribution >= 0.6 is 22.7 Å². The van der Waals surface area contributed by atoms with Gasteiger partial charge >= 0.3 is 0 Å². The summed E-state index contributed by atoms with van der Waals surface area (Å²) in [5.41, 5.74) is 2.66. The fourth-order valence-electron chi connectivity index (χ4n) is 3.78. The zero-order valence-electron chi connectivity index (χ0n) is 15.9. The Morgan fingerprint density at radius 1 is 1.41 bits per heavy atom. The van der Waals surface area contributed by atoms with Crippen molar-refractivity contribution in [3.8, 4) is 0 Å². The second-order valence-electron chi connectivity index (χ2n) is 7.25. The molecule has 0 unspecified atom stereocenters. The quantitative estimate of drug-likeness (QED) is 0.596. The van der Waals surface area contributed by atoms with Crippen molar-refractivity contribution in [2.45, 2.75) is 43.4 Å². The summed E-state index contributed by atoms with van der Waals surface area (Å²) >= 11 is 2.91. The summed E-state index contributed by atoms with van der Waals surface area (Å²) in [5.74, 6) is -0.254. The van der Waals surface area contributed by atoms with Crippen molar-refractivity contribution in [2.75, 3.05) is 24.6 Å². The molecule has 2 aliphatic heterocycles. The van der Waals surface area contributed by atoms with Crippen LogP contribution in [0.2, 0.25) is 0 Å². The van der Waals surface area contributed by atoms with Crippen LogP contribution in [0.5, 0.6) is 0 Å². The van der Waals surface area contributed by atoms with Gasteiger partial charge in [0.15, 0.2) is 0 Å². The maximum absolute atomic E-state index is 12.5. The van der Waals surface area contributed by atoms with E-state index in [-0.39, 0.29) is 24.6 Å². The number of carbonyl (C=O) groups is 2. The Bertz CT molecular complexity index is 795. The fourth-order valence-corrected chi connectivity index (χ4v) is 4.93. The molecule has 0 aliphatic carbocycles. The molecule has 2 atom stereocenters. The number of carboxylic acid groups (broad SMARTS) is 1. The summed E-state index contributed by atoms with van der Waals surface area (Å²) in [6.07, 6.45) is 1.46. The number of piperidine rings is 1. The second kappa shape index (κ2) is 9.11. The number of nitrogens with one attached hydrogen (secondary N) is 1. The average Bonchev–Trinajstić information content (AvgIpc) is 3.40. The number of carbonyl (C=O) groups excluding carboxylic acids is 1. The Balaban J connectivity index is 0.000000755. The lowest BCUT2D eigenvalue weighted by atomic mass is 9.74. The highest BCUT2D eigenvalue weighted by molar-refractivity contribution is 7.13. The third-order valence-corrected chi connectivity index (χ3v) is 6.67. The number of anilines is 1. The molecule has 2 aliphatic rings. The first kappa shape index (κ1) is 21.6. The van der Waals surface area contributed by atoms with Crippen molar-refractivity contribution >= 4 is 40.2 Å². The van der Waals surface area contributed by atoms with Crippen molar-refractivity contribution in [3.05, 3.63) is 22.1 Å². The van der Waals surface area contributed by atoms with Crippen molar-refractivity contribution in [3.63, 3.8) is 0 Å². The van der Waals surface area contributed by atoms with Gasteiger partial charge < -0.3 is 25.2 Å². The Morgan fingerprint density at radius 2 is 2.14 bits per heavy atom. The highest BCUT2D eigenvalue weighted by atomic mass is 32.1. The van der Waals surface area contributed by atoms with E-state index < -0.39 is 11.6 Å². The minimum atomic E-state index is -0.753. The number of rotatable bonds is 3. The number of hydrogen-bond donors (Lipinski definition) is 3. The molecule has 158 valence electrons. The second-order valence-corrected chi connectivity index (χ2v) is 8.78.